The van der Waals surface area contributed by atoms with Crippen molar-refractivity contribution in [3.63, 3.8) is 0 Å². The molecule has 1 saturated heterocycles. The molecule has 18 heavy (non-hydrogen) atoms. The van der Waals surface area contributed by atoms with E-state index in [0.717, 1.165) is 37.9 Å². The van der Waals surface area contributed by atoms with Crippen molar-refractivity contribution in [1.29, 1.82) is 0 Å². The number of ether oxygens (including phenoxy) is 1. The monoisotopic (exact) mass is 267 g/mol. The molecule has 3 nitrogen and oxygen atoms in total. The number of hydrogen-bond donors (Lipinski definition) is 0. The summed E-state index contributed by atoms with van der Waals surface area (Å²) in [6.45, 7) is 3.97. The Labute approximate surface area is 113 Å². The smallest absolute Gasteiger partial charge is 0.151 e. The van der Waals surface area contributed by atoms with Gasteiger partial charge in [0.05, 0.1) is 10.6 Å². The molecule has 1 aromatic rings. The van der Waals surface area contributed by atoms with Gasteiger partial charge in [0.25, 0.3) is 0 Å². The minimum Gasteiger partial charge on any atom is -0.377 e. The third kappa shape index (κ3) is 2.68. The summed E-state index contributed by atoms with van der Waals surface area (Å²) in [5, 5.41) is 0.507. The second-order valence-electron chi connectivity index (χ2n) is 5.00. The highest BCUT2D eigenvalue weighted by Crippen LogP contribution is 2.30. The van der Waals surface area contributed by atoms with E-state index < -0.39 is 0 Å². The van der Waals surface area contributed by atoms with Crippen molar-refractivity contribution >= 4 is 23.6 Å². The van der Waals surface area contributed by atoms with Crippen LogP contribution in [0.5, 0.6) is 0 Å². The molecule has 1 atom stereocenters. The molecule has 1 fully saturated rings. The molecular weight excluding hydrogens is 250 g/mol. The van der Waals surface area contributed by atoms with Gasteiger partial charge in [-0.1, -0.05) is 11.6 Å². The van der Waals surface area contributed by atoms with Gasteiger partial charge in [0.15, 0.2) is 6.29 Å². The Morgan fingerprint density at radius 2 is 2.28 bits per heavy atom. The molecule has 0 bridgehead atoms. The summed E-state index contributed by atoms with van der Waals surface area (Å²) in [4.78, 5) is 13.0. The van der Waals surface area contributed by atoms with Crippen LogP contribution in [0.3, 0.4) is 0 Å². The van der Waals surface area contributed by atoms with Crippen molar-refractivity contribution in [2.24, 2.45) is 0 Å². The maximum Gasteiger partial charge on any atom is 0.151 e. The predicted molar refractivity (Wildman–Crippen MR) is 73.7 cm³/mol. The van der Waals surface area contributed by atoms with Gasteiger partial charge in [0.2, 0.25) is 0 Å². The summed E-state index contributed by atoms with van der Waals surface area (Å²) >= 11 is 6.06. The zero-order chi connectivity index (χ0) is 13.2. The number of anilines is 1. The Morgan fingerprint density at radius 3 is 2.89 bits per heavy atom. The number of carbonyl (C=O) groups is 1. The summed E-state index contributed by atoms with van der Waals surface area (Å²) < 4.78 is 5.57. The zero-order valence-electron chi connectivity index (χ0n) is 10.8. The second kappa shape index (κ2) is 5.29. The van der Waals surface area contributed by atoms with E-state index in [1.54, 1.807) is 13.2 Å². The molecule has 0 spiro atoms. The van der Waals surface area contributed by atoms with Crippen LogP contribution in [0.15, 0.2) is 18.2 Å². The normalized spacial score (nSPS) is 24.1. The van der Waals surface area contributed by atoms with Gasteiger partial charge in [0.1, 0.15) is 0 Å². The van der Waals surface area contributed by atoms with E-state index in [9.17, 15) is 4.79 Å². The van der Waals surface area contributed by atoms with Crippen LogP contribution >= 0.6 is 11.6 Å². The molecule has 1 heterocycles. The fourth-order valence-electron chi connectivity index (χ4n) is 2.40. The van der Waals surface area contributed by atoms with Gasteiger partial charge < -0.3 is 9.64 Å². The molecule has 1 aromatic carbocycles. The molecule has 2 rings (SSSR count). The van der Waals surface area contributed by atoms with Crippen LogP contribution in [0, 0.1) is 0 Å². The summed E-state index contributed by atoms with van der Waals surface area (Å²) in [6, 6.07) is 5.56. The van der Waals surface area contributed by atoms with Gasteiger partial charge in [-0.15, -0.1) is 0 Å². The highest BCUT2D eigenvalue weighted by Gasteiger charge is 2.30. The van der Waals surface area contributed by atoms with Crippen LogP contribution in [0.4, 0.5) is 5.69 Å². The molecule has 0 aliphatic carbocycles. The molecule has 0 amide bonds. The highest BCUT2D eigenvalue weighted by molar-refractivity contribution is 6.33. The third-order valence-corrected chi connectivity index (χ3v) is 3.96. The number of benzene rings is 1. The number of halogens is 1. The van der Waals surface area contributed by atoms with Gasteiger partial charge in [-0.3, -0.25) is 4.79 Å². The van der Waals surface area contributed by atoms with E-state index in [2.05, 4.69) is 11.8 Å². The number of methoxy groups -OCH3 is 1. The minimum atomic E-state index is -0.103. The Morgan fingerprint density at radius 1 is 1.50 bits per heavy atom. The van der Waals surface area contributed by atoms with Gasteiger partial charge in [-0.05, 0) is 38.0 Å². The average Bonchev–Trinajstić information content (AvgIpc) is 2.39. The van der Waals surface area contributed by atoms with Crippen molar-refractivity contribution in [3.8, 4) is 0 Å². The van der Waals surface area contributed by atoms with E-state index in [1.165, 1.54) is 0 Å². The lowest BCUT2D eigenvalue weighted by molar-refractivity contribution is -0.00465. The number of aldehydes is 1. The first-order chi connectivity index (χ1) is 8.58. The molecule has 1 unspecified atom stereocenters. The fourth-order valence-corrected chi connectivity index (χ4v) is 2.62. The third-order valence-electron chi connectivity index (χ3n) is 3.63. The second-order valence-corrected chi connectivity index (χ2v) is 5.41. The number of nitrogens with zero attached hydrogens (tertiary/aromatic N) is 1. The molecule has 0 N–H and O–H groups in total. The van der Waals surface area contributed by atoms with Gasteiger partial charge in [0, 0.05) is 31.5 Å². The Balaban J connectivity index is 2.21. The molecule has 1 aliphatic rings. The van der Waals surface area contributed by atoms with Crippen LogP contribution in [0.1, 0.15) is 30.1 Å². The molecule has 98 valence electrons. The maximum absolute atomic E-state index is 10.7. The van der Waals surface area contributed by atoms with Crippen LogP contribution in [-0.4, -0.2) is 32.1 Å². The predicted octanol–water partition coefficient (Wildman–Crippen LogP) is 3.16. The molecule has 0 aromatic heterocycles. The van der Waals surface area contributed by atoms with Crippen molar-refractivity contribution in [1.82, 2.24) is 0 Å². The first kappa shape index (κ1) is 13.4. The lowest BCUT2D eigenvalue weighted by atomic mass is 9.94. The fraction of sp³-hybridized carbons (Fsp3) is 0.500. The van der Waals surface area contributed by atoms with E-state index in [-0.39, 0.29) is 5.60 Å². The summed E-state index contributed by atoms with van der Waals surface area (Å²) in [5.41, 5.74) is 1.48. The molecular formula is C14H18ClNO2. The first-order valence-electron chi connectivity index (χ1n) is 6.13. The number of rotatable bonds is 3. The summed E-state index contributed by atoms with van der Waals surface area (Å²) in [6.07, 6.45) is 2.94. The van der Waals surface area contributed by atoms with Crippen LogP contribution < -0.4 is 4.90 Å². The number of carbonyl (C=O) groups excluding carboxylic acids is 1. The van der Waals surface area contributed by atoms with Crippen molar-refractivity contribution in [2.45, 2.75) is 25.4 Å². The van der Waals surface area contributed by atoms with Gasteiger partial charge in [-0.2, -0.15) is 0 Å². The van der Waals surface area contributed by atoms with Crippen LogP contribution in [0.2, 0.25) is 5.02 Å². The Bertz CT molecular complexity index is 449. The standard InChI is InChI=1S/C14H18ClNO2/c1-14(18-2)6-3-7-16(10-14)12-5-4-11(9-17)13(15)8-12/h4-5,8-9H,3,6-7,10H2,1-2H3. The van der Waals surface area contributed by atoms with E-state index in [0.29, 0.717) is 10.6 Å². The minimum absolute atomic E-state index is 0.103. The zero-order valence-corrected chi connectivity index (χ0v) is 11.5. The lowest BCUT2D eigenvalue weighted by Crippen LogP contribution is -2.47. The van der Waals surface area contributed by atoms with E-state index in [4.69, 9.17) is 16.3 Å². The van der Waals surface area contributed by atoms with Crippen molar-refractivity contribution in [2.75, 3.05) is 25.1 Å². The largest absolute Gasteiger partial charge is 0.377 e. The Hall–Kier alpha value is -1.06. The van der Waals surface area contributed by atoms with Crippen molar-refractivity contribution in [3.05, 3.63) is 28.8 Å². The van der Waals surface area contributed by atoms with Gasteiger partial charge in [-0.25, -0.2) is 0 Å². The SMILES string of the molecule is COC1(C)CCCN(c2ccc(C=O)c(Cl)c2)C1. The molecule has 0 saturated carbocycles. The Kier molecular flexibility index (Phi) is 3.93. The summed E-state index contributed by atoms with van der Waals surface area (Å²) in [5.74, 6) is 0. The van der Waals surface area contributed by atoms with E-state index in [1.807, 2.05) is 12.1 Å². The molecule has 0 radical (unpaired) electrons. The van der Waals surface area contributed by atoms with E-state index >= 15 is 0 Å². The maximum atomic E-state index is 10.7. The van der Waals surface area contributed by atoms with Crippen LogP contribution in [0.25, 0.3) is 0 Å². The van der Waals surface area contributed by atoms with Crippen LogP contribution in [-0.2, 0) is 4.74 Å². The topological polar surface area (TPSA) is 29.5 Å². The average molecular weight is 268 g/mol. The summed E-state index contributed by atoms with van der Waals surface area (Å²) in [7, 11) is 1.76. The van der Waals surface area contributed by atoms with Crippen molar-refractivity contribution < 1.29 is 9.53 Å². The quantitative estimate of drug-likeness (QED) is 0.788. The highest BCUT2D eigenvalue weighted by atomic mass is 35.5. The first-order valence-corrected chi connectivity index (χ1v) is 6.50. The lowest BCUT2D eigenvalue weighted by Gasteiger charge is -2.40. The van der Waals surface area contributed by atoms with Gasteiger partial charge >= 0.3 is 0 Å². The number of hydrogen-bond acceptors (Lipinski definition) is 3. The molecule has 1 aliphatic heterocycles. The number of piperidine rings is 1. The molecule has 4 heteroatoms.